The van der Waals surface area contributed by atoms with Crippen molar-refractivity contribution < 1.29 is 19.2 Å². The summed E-state index contributed by atoms with van der Waals surface area (Å²) in [6, 6.07) is 9.14. The molecule has 0 bridgehead atoms. The van der Waals surface area contributed by atoms with Crippen LogP contribution in [0.1, 0.15) is 37.2 Å². The van der Waals surface area contributed by atoms with Crippen molar-refractivity contribution in [2.45, 2.75) is 51.7 Å². The lowest BCUT2D eigenvalue weighted by Gasteiger charge is -2.26. The third-order valence-corrected chi connectivity index (χ3v) is 6.67. The average molecular weight is 534 g/mol. The maximum absolute atomic E-state index is 13.4. The van der Waals surface area contributed by atoms with E-state index in [1.54, 1.807) is 36.7 Å². The van der Waals surface area contributed by atoms with Crippen molar-refractivity contribution in [1.29, 1.82) is 0 Å². The summed E-state index contributed by atoms with van der Waals surface area (Å²) in [5.41, 5.74) is 2.18. The highest BCUT2D eigenvalue weighted by Crippen LogP contribution is 2.32. The van der Waals surface area contributed by atoms with Gasteiger partial charge in [0.25, 0.3) is 0 Å². The van der Waals surface area contributed by atoms with E-state index in [1.165, 1.54) is 4.90 Å². The van der Waals surface area contributed by atoms with Gasteiger partial charge in [-0.15, -0.1) is 10.2 Å². The maximum atomic E-state index is 13.4. The SMILES string of the molecule is CCC(C)C(NC(=O)Cc1cccnc1)C(=O)NCC(=O)N1c2ccccc2C[C@H]1C(=O)NCc1nn[nH]n1. The molecular formula is C26H31N9O4. The summed E-state index contributed by atoms with van der Waals surface area (Å²) < 4.78 is 0. The van der Waals surface area contributed by atoms with Gasteiger partial charge < -0.3 is 16.0 Å². The molecule has 1 aliphatic heterocycles. The summed E-state index contributed by atoms with van der Waals surface area (Å²) in [4.78, 5) is 57.6. The Balaban J connectivity index is 1.41. The number of aromatic nitrogens is 5. The van der Waals surface area contributed by atoms with E-state index in [9.17, 15) is 19.2 Å². The first-order chi connectivity index (χ1) is 18.9. The number of para-hydroxylation sites is 1. The monoisotopic (exact) mass is 533 g/mol. The second-order valence-electron chi connectivity index (χ2n) is 9.34. The molecule has 3 aromatic rings. The minimum Gasteiger partial charge on any atom is -0.347 e. The van der Waals surface area contributed by atoms with Crippen LogP contribution in [0.25, 0.3) is 0 Å². The fourth-order valence-corrected chi connectivity index (χ4v) is 4.42. The number of rotatable bonds is 11. The molecule has 4 rings (SSSR count). The smallest absolute Gasteiger partial charge is 0.247 e. The van der Waals surface area contributed by atoms with E-state index in [0.717, 1.165) is 11.1 Å². The number of tetrazole rings is 1. The number of amides is 4. The summed E-state index contributed by atoms with van der Waals surface area (Å²) in [7, 11) is 0. The molecule has 3 heterocycles. The molecule has 0 saturated carbocycles. The number of anilines is 1. The molecule has 4 N–H and O–H groups in total. The van der Waals surface area contributed by atoms with E-state index in [2.05, 4.69) is 41.6 Å². The molecule has 0 fully saturated rings. The summed E-state index contributed by atoms with van der Waals surface area (Å²) >= 11 is 0. The van der Waals surface area contributed by atoms with Crippen LogP contribution in [0, 0.1) is 5.92 Å². The van der Waals surface area contributed by atoms with Gasteiger partial charge >= 0.3 is 0 Å². The van der Waals surface area contributed by atoms with Gasteiger partial charge in [0, 0.05) is 24.5 Å². The number of H-pyrrole nitrogens is 1. The van der Waals surface area contributed by atoms with Crippen molar-refractivity contribution in [2.75, 3.05) is 11.4 Å². The standard InChI is InChI=1S/C26H31N9O4/c1-3-16(2)24(30-22(36)11-17-7-6-10-27-13-17)26(39)29-15-23(37)35-19-9-5-4-8-18(19)12-20(35)25(38)28-14-21-31-33-34-32-21/h4-10,13,16,20,24H,3,11-12,14-15H2,1-2H3,(H,28,38)(H,29,39)(H,30,36)(H,31,32,33,34)/t16?,20-,24?/m0/s1. The molecule has 2 aromatic heterocycles. The molecule has 13 heteroatoms. The average Bonchev–Trinajstić information content (AvgIpc) is 3.61. The zero-order valence-electron chi connectivity index (χ0n) is 21.8. The minimum atomic E-state index is -0.827. The molecular weight excluding hydrogens is 502 g/mol. The topological polar surface area (TPSA) is 175 Å². The van der Waals surface area contributed by atoms with Gasteiger partial charge in [-0.25, -0.2) is 0 Å². The zero-order valence-corrected chi connectivity index (χ0v) is 21.8. The van der Waals surface area contributed by atoms with E-state index in [4.69, 9.17) is 0 Å². The van der Waals surface area contributed by atoms with Gasteiger partial charge in [0.05, 0.1) is 19.5 Å². The second-order valence-corrected chi connectivity index (χ2v) is 9.34. The Hall–Kier alpha value is -4.68. The molecule has 13 nitrogen and oxygen atoms in total. The van der Waals surface area contributed by atoms with E-state index < -0.39 is 23.9 Å². The zero-order chi connectivity index (χ0) is 27.8. The highest BCUT2D eigenvalue weighted by atomic mass is 16.2. The second kappa shape index (κ2) is 12.7. The van der Waals surface area contributed by atoms with Crippen LogP contribution in [-0.2, 0) is 38.6 Å². The first-order valence-corrected chi connectivity index (χ1v) is 12.7. The lowest BCUT2D eigenvalue weighted by Crippen LogP contribution is -2.54. The van der Waals surface area contributed by atoms with E-state index >= 15 is 0 Å². The summed E-state index contributed by atoms with van der Waals surface area (Å²) in [6.07, 6.45) is 4.27. The number of pyridine rings is 1. The molecule has 0 spiro atoms. The van der Waals surface area contributed by atoms with Crippen molar-refractivity contribution in [3.05, 3.63) is 65.7 Å². The van der Waals surface area contributed by atoms with Gasteiger partial charge in [-0.1, -0.05) is 49.7 Å². The number of hydrogen-bond donors (Lipinski definition) is 4. The first-order valence-electron chi connectivity index (χ1n) is 12.7. The Morgan fingerprint density at radius 1 is 1.13 bits per heavy atom. The predicted octanol–water partition coefficient (Wildman–Crippen LogP) is 0.0586. The van der Waals surface area contributed by atoms with Crippen LogP contribution < -0.4 is 20.9 Å². The van der Waals surface area contributed by atoms with Crippen molar-refractivity contribution in [3.63, 3.8) is 0 Å². The normalized spacial score (nSPS) is 15.6. The van der Waals surface area contributed by atoms with E-state index in [0.29, 0.717) is 24.4 Å². The van der Waals surface area contributed by atoms with Crippen LogP contribution in [0.3, 0.4) is 0 Å². The number of nitrogens with zero attached hydrogens (tertiary/aromatic N) is 5. The third-order valence-electron chi connectivity index (χ3n) is 6.67. The number of hydrogen-bond acceptors (Lipinski definition) is 8. The Morgan fingerprint density at radius 3 is 2.67 bits per heavy atom. The Bertz CT molecular complexity index is 1300. The number of benzene rings is 1. The number of carbonyl (C=O) groups is 4. The lowest BCUT2D eigenvalue weighted by molar-refractivity contribution is -0.131. The summed E-state index contributed by atoms with van der Waals surface area (Å²) in [5.74, 6) is -1.47. The van der Waals surface area contributed by atoms with E-state index in [1.807, 2.05) is 26.0 Å². The molecule has 1 aromatic carbocycles. The molecule has 1 aliphatic rings. The molecule has 204 valence electrons. The van der Waals surface area contributed by atoms with Crippen LogP contribution in [0.2, 0.25) is 0 Å². The summed E-state index contributed by atoms with van der Waals surface area (Å²) in [6.45, 7) is 3.49. The summed E-state index contributed by atoms with van der Waals surface area (Å²) in [5, 5.41) is 21.6. The highest BCUT2D eigenvalue weighted by molar-refractivity contribution is 6.05. The number of aromatic amines is 1. The van der Waals surface area contributed by atoms with Crippen molar-refractivity contribution in [2.24, 2.45) is 5.92 Å². The van der Waals surface area contributed by atoms with Gasteiger partial charge in [0.1, 0.15) is 12.1 Å². The number of fused-ring (bicyclic) bond motifs is 1. The first kappa shape index (κ1) is 27.4. The van der Waals surface area contributed by atoms with Gasteiger partial charge in [0.15, 0.2) is 5.82 Å². The van der Waals surface area contributed by atoms with Crippen LogP contribution >= 0.6 is 0 Å². The predicted molar refractivity (Wildman–Crippen MR) is 140 cm³/mol. The quantitative estimate of drug-likeness (QED) is 0.268. The fourth-order valence-electron chi connectivity index (χ4n) is 4.42. The Kier molecular flexibility index (Phi) is 8.92. The molecule has 3 atom stereocenters. The third kappa shape index (κ3) is 6.80. The van der Waals surface area contributed by atoms with Gasteiger partial charge in [-0.3, -0.25) is 29.1 Å². The molecule has 2 unspecified atom stereocenters. The highest BCUT2D eigenvalue weighted by Gasteiger charge is 2.38. The molecule has 0 radical (unpaired) electrons. The van der Waals surface area contributed by atoms with Crippen molar-refractivity contribution >= 4 is 29.3 Å². The van der Waals surface area contributed by atoms with E-state index in [-0.39, 0.29) is 37.2 Å². The largest absolute Gasteiger partial charge is 0.347 e. The van der Waals surface area contributed by atoms with Crippen LogP contribution in [0.4, 0.5) is 5.69 Å². The molecule has 0 saturated heterocycles. The van der Waals surface area contributed by atoms with Gasteiger partial charge in [-0.05, 0) is 29.2 Å². The number of nitrogens with one attached hydrogen (secondary N) is 4. The Morgan fingerprint density at radius 2 is 1.95 bits per heavy atom. The van der Waals surface area contributed by atoms with Crippen LogP contribution in [0.15, 0.2) is 48.8 Å². The van der Waals surface area contributed by atoms with Crippen LogP contribution in [-0.4, -0.2) is 67.9 Å². The molecule has 0 aliphatic carbocycles. The lowest BCUT2D eigenvalue weighted by atomic mass is 9.98. The Labute approximate surface area is 225 Å². The van der Waals surface area contributed by atoms with Gasteiger partial charge in [-0.2, -0.15) is 5.21 Å². The molecule has 39 heavy (non-hydrogen) atoms. The molecule has 4 amide bonds. The fraction of sp³-hybridized carbons (Fsp3) is 0.385. The van der Waals surface area contributed by atoms with Gasteiger partial charge in [0.2, 0.25) is 23.6 Å². The van der Waals surface area contributed by atoms with Crippen LogP contribution in [0.5, 0.6) is 0 Å². The number of carbonyl (C=O) groups excluding carboxylic acids is 4. The maximum Gasteiger partial charge on any atom is 0.247 e. The van der Waals surface area contributed by atoms with Crippen molar-refractivity contribution in [3.8, 4) is 0 Å². The van der Waals surface area contributed by atoms with Crippen molar-refractivity contribution in [1.82, 2.24) is 41.6 Å². The minimum absolute atomic E-state index is 0.0519.